The van der Waals surface area contributed by atoms with Crippen molar-refractivity contribution in [1.29, 1.82) is 0 Å². The maximum absolute atomic E-state index is 10.5. The number of aryl methyl sites for hydroxylation is 3. The van der Waals surface area contributed by atoms with Gasteiger partial charge in [-0.05, 0) is 61.8 Å². The lowest BCUT2D eigenvalue weighted by atomic mass is 9.81. The molecular formula is C17H26O2. The predicted octanol–water partition coefficient (Wildman–Crippen LogP) is 3.59. The van der Waals surface area contributed by atoms with Crippen molar-refractivity contribution in [3.05, 3.63) is 34.4 Å². The summed E-state index contributed by atoms with van der Waals surface area (Å²) < 4.78 is 0. The normalized spacial score (nSPS) is 20.3. The Kier molecular flexibility index (Phi) is 4.64. The quantitative estimate of drug-likeness (QED) is 0.874. The van der Waals surface area contributed by atoms with Gasteiger partial charge in [0.15, 0.2) is 0 Å². The van der Waals surface area contributed by atoms with Crippen molar-refractivity contribution in [1.82, 2.24) is 0 Å². The van der Waals surface area contributed by atoms with Crippen LogP contribution < -0.4 is 0 Å². The standard InChI is InChI=1S/C17H26O2/c1-11-9-13(3)15(10-12(11)2)17(19)16(18)14-7-5-4-6-8-14/h9-10,14,16-19H,4-8H2,1-3H3. The first-order chi connectivity index (χ1) is 9.00. The van der Waals surface area contributed by atoms with E-state index in [1.807, 2.05) is 13.0 Å². The summed E-state index contributed by atoms with van der Waals surface area (Å²) in [5, 5.41) is 20.9. The van der Waals surface area contributed by atoms with Gasteiger partial charge >= 0.3 is 0 Å². The maximum atomic E-state index is 10.5. The van der Waals surface area contributed by atoms with Crippen LogP contribution in [-0.4, -0.2) is 16.3 Å². The topological polar surface area (TPSA) is 40.5 Å². The average molecular weight is 262 g/mol. The molecule has 0 heterocycles. The zero-order valence-corrected chi connectivity index (χ0v) is 12.3. The Morgan fingerprint density at radius 2 is 1.47 bits per heavy atom. The fourth-order valence-corrected chi connectivity index (χ4v) is 3.22. The largest absolute Gasteiger partial charge is 0.390 e. The van der Waals surface area contributed by atoms with Crippen LogP contribution in [0.25, 0.3) is 0 Å². The molecule has 19 heavy (non-hydrogen) atoms. The highest BCUT2D eigenvalue weighted by molar-refractivity contribution is 5.38. The van der Waals surface area contributed by atoms with Crippen LogP contribution in [0.2, 0.25) is 0 Å². The van der Waals surface area contributed by atoms with Crippen molar-refractivity contribution < 1.29 is 10.2 Å². The summed E-state index contributed by atoms with van der Waals surface area (Å²) in [6.07, 6.45) is 4.34. The lowest BCUT2D eigenvalue weighted by Gasteiger charge is -2.30. The highest BCUT2D eigenvalue weighted by Crippen LogP contribution is 2.33. The Balaban J connectivity index is 2.18. The van der Waals surface area contributed by atoms with E-state index in [0.717, 1.165) is 24.0 Å². The van der Waals surface area contributed by atoms with Gasteiger partial charge in [0.1, 0.15) is 6.10 Å². The van der Waals surface area contributed by atoms with Crippen molar-refractivity contribution in [3.8, 4) is 0 Å². The van der Waals surface area contributed by atoms with Gasteiger partial charge in [-0.1, -0.05) is 31.4 Å². The van der Waals surface area contributed by atoms with Gasteiger partial charge in [-0.2, -0.15) is 0 Å². The van der Waals surface area contributed by atoms with Crippen LogP contribution in [0.3, 0.4) is 0 Å². The van der Waals surface area contributed by atoms with Gasteiger partial charge in [-0.15, -0.1) is 0 Å². The third-order valence-electron chi connectivity index (χ3n) is 4.66. The summed E-state index contributed by atoms with van der Waals surface area (Å²) in [7, 11) is 0. The van der Waals surface area contributed by atoms with Gasteiger partial charge in [0.2, 0.25) is 0 Å². The maximum Gasteiger partial charge on any atom is 0.105 e. The molecule has 1 aromatic rings. The van der Waals surface area contributed by atoms with Crippen LogP contribution in [0.4, 0.5) is 0 Å². The minimum atomic E-state index is -0.748. The molecule has 2 rings (SSSR count). The van der Waals surface area contributed by atoms with E-state index in [1.54, 1.807) is 0 Å². The van der Waals surface area contributed by atoms with Crippen LogP contribution in [0.5, 0.6) is 0 Å². The molecule has 1 saturated carbocycles. The van der Waals surface area contributed by atoms with E-state index in [9.17, 15) is 10.2 Å². The SMILES string of the molecule is Cc1cc(C)c(C(O)C(O)C2CCCCC2)cc1C. The summed E-state index contributed by atoms with van der Waals surface area (Å²) >= 11 is 0. The lowest BCUT2D eigenvalue weighted by molar-refractivity contribution is -0.0288. The zero-order valence-electron chi connectivity index (χ0n) is 12.3. The molecule has 0 saturated heterocycles. The molecule has 1 fully saturated rings. The Morgan fingerprint density at radius 1 is 0.895 bits per heavy atom. The van der Waals surface area contributed by atoms with Crippen LogP contribution in [0, 0.1) is 26.7 Å². The molecule has 1 aliphatic carbocycles. The van der Waals surface area contributed by atoms with E-state index in [2.05, 4.69) is 19.9 Å². The fourth-order valence-electron chi connectivity index (χ4n) is 3.22. The van der Waals surface area contributed by atoms with E-state index in [1.165, 1.54) is 30.4 Å². The minimum Gasteiger partial charge on any atom is -0.390 e. The monoisotopic (exact) mass is 262 g/mol. The smallest absolute Gasteiger partial charge is 0.105 e. The Hall–Kier alpha value is -0.860. The number of hydrogen-bond donors (Lipinski definition) is 2. The Morgan fingerprint density at radius 3 is 2.11 bits per heavy atom. The van der Waals surface area contributed by atoms with Crippen LogP contribution in [-0.2, 0) is 0 Å². The number of aliphatic hydroxyl groups excluding tert-OH is 2. The molecule has 0 aliphatic heterocycles. The van der Waals surface area contributed by atoms with Crippen molar-refractivity contribution in [3.63, 3.8) is 0 Å². The second kappa shape index (κ2) is 6.06. The second-order valence-corrected chi connectivity index (χ2v) is 6.13. The summed E-state index contributed by atoms with van der Waals surface area (Å²) in [5.41, 5.74) is 4.38. The number of benzene rings is 1. The van der Waals surface area contributed by atoms with E-state index >= 15 is 0 Å². The van der Waals surface area contributed by atoms with Gasteiger partial charge in [0.25, 0.3) is 0 Å². The summed E-state index contributed by atoms with van der Waals surface area (Å²) in [5.74, 6) is 0.254. The van der Waals surface area contributed by atoms with Gasteiger partial charge in [0.05, 0.1) is 6.10 Å². The van der Waals surface area contributed by atoms with Crippen molar-refractivity contribution in [2.24, 2.45) is 5.92 Å². The molecule has 2 nitrogen and oxygen atoms in total. The first-order valence-corrected chi connectivity index (χ1v) is 7.44. The summed E-state index contributed by atoms with van der Waals surface area (Å²) in [6.45, 7) is 6.15. The number of hydrogen-bond acceptors (Lipinski definition) is 2. The molecule has 0 bridgehead atoms. The zero-order chi connectivity index (χ0) is 14.0. The predicted molar refractivity (Wildman–Crippen MR) is 78.2 cm³/mol. The molecule has 1 aromatic carbocycles. The average Bonchev–Trinajstić information content (AvgIpc) is 2.42. The van der Waals surface area contributed by atoms with E-state index in [-0.39, 0.29) is 5.92 Å². The first-order valence-electron chi connectivity index (χ1n) is 7.44. The van der Waals surface area contributed by atoms with Crippen molar-refractivity contribution in [2.75, 3.05) is 0 Å². The van der Waals surface area contributed by atoms with Gasteiger partial charge in [-0.3, -0.25) is 0 Å². The number of aliphatic hydroxyl groups is 2. The molecule has 2 atom stereocenters. The molecule has 0 radical (unpaired) electrons. The van der Waals surface area contributed by atoms with E-state index in [0.29, 0.717) is 0 Å². The molecule has 0 spiro atoms. The lowest BCUT2D eigenvalue weighted by Crippen LogP contribution is -2.29. The molecule has 2 unspecified atom stereocenters. The number of rotatable bonds is 3. The van der Waals surface area contributed by atoms with Gasteiger partial charge in [0, 0.05) is 0 Å². The van der Waals surface area contributed by atoms with Gasteiger partial charge in [-0.25, -0.2) is 0 Å². The summed E-state index contributed by atoms with van der Waals surface area (Å²) in [4.78, 5) is 0. The third-order valence-corrected chi connectivity index (χ3v) is 4.66. The third kappa shape index (κ3) is 3.18. The second-order valence-electron chi connectivity index (χ2n) is 6.13. The molecule has 106 valence electrons. The molecule has 2 N–H and O–H groups in total. The van der Waals surface area contributed by atoms with Crippen molar-refractivity contribution in [2.45, 2.75) is 65.1 Å². The Bertz CT molecular complexity index is 433. The van der Waals surface area contributed by atoms with Gasteiger partial charge < -0.3 is 10.2 Å². The molecular weight excluding hydrogens is 236 g/mol. The molecule has 2 heteroatoms. The Labute approximate surface area is 116 Å². The molecule has 0 amide bonds. The van der Waals surface area contributed by atoms with E-state index < -0.39 is 12.2 Å². The van der Waals surface area contributed by atoms with Crippen molar-refractivity contribution >= 4 is 0 Å². The molecule has 1 aliphatic rings. The highest BCUT2D eigenvalue weighted by atomic mass is 16.3. The summed E-state index contributed by atoms with van der Waals surface area (Å²) in [6, 6.07) is 4.13. The molecule has 0 aromatic heterocycles. The van der Waals surface area contributed by atoms with Crippen LogP contribution in [0.15, 0.2) is 12.1 Å². The van der Waals surface area contributed by atoms with E-state index in [4.69, 9.17) is 0 Å². The van der Waals surface area contributed by atoms with Crippen LogP contribution >= 0.6 is 0 Å². The fraction of sp³-hybridized carbons (Fsp3) is 0.647. The highest BCUT2D eigenvalue weighted by Gasteiger charge is 2.29. The van der Waals surface area contributed by atoms with Crippen LogP contribution in [0.1, 0.15) is 60.5 Å². The first kappa shape index (κ1) is 14.5. The minimum absolute atomic E-state index is 0.254.